The van der Waals surface area contributed by atoms with Crippen molar-refractivity contribution in [3.05, 3.63) is 58.9 Å². The molecule has 0 aliphatic rings. The Hall–Kier alpha value is -2.64. The molecule has 1 aromatic carbocycles. The van der Waals surface area contributed by atoms with E-state index in [2.05, 4.69) is 22.1 Å². The Labute approximate surface area is 123 Å². The Bertz CT molecular complexity index is 710. The number of hydrogen-bond donors (Lipinski definition) is 2. The second kappa shape index (κ2) is 6.69. The number of hydrogen-bond acceptors (Lipinski definition) is 3. The molecule has 0 spiro atoms. The highest BCUT2D eigenvalue weighted by Crippen LogP contribution is 2.17. The SMILES string of the molecule is Cc1ccc(NC(=O)c2ccc(C)nc2)c(C#CCO)c1. The van der Waals surface area contributed by atoms with E-state index in [1.165, 1.54) is 6.20 Å². The van der Waals surface area contributed by atoms with Crippen molar-refractivity contribution in [3.8, 4) is 11.8 Å². The number of carbonyl (C=O) groups is 1. The van der Waals surface area contributed by atoms with Gasteiger partial charge in [-0.15, -0.1) is 0 Å². The predicted octanol–water partition coefficient (Wildman–Crippen LogP) is 2.29. The Morgan fingerprint density at radius 1 is 1.29 bits per heavy atom. The van der Waals surface area contributed by atoms with Gasteiger partial charge in [0.2, 0.25) is 0 Å². The molecule has 1 heterocycles. The van der Waals surface area contributed by atoms with E-state index < -0.39 is 0 Å². The van der Waals surface area contributed by atoms with Crippen molar-refractivity contribution in [1.29, 1.82) is 0 Å². The van der Waals surface area contributed by atoms with Crippen LogP contribution in [0.4, 0.5) is 5.69 Å². The molecule has 106 valence electrons. The predicted molar refractivity (Wildman–Crippen MR) is 82.1 cm³/mol. The van der Waals surface area contributed by atoms with Gasteiger partial charge < -0.3 is 10.4 Å². The third-order valence-corrected chi connectivity index (χ3v) is 2.90. The summed E-state index contributed by atoms with van der Waals surface area (Å²) in [5.74, 6) is 5.20. The van der Waals surface area contributed by atoms with E-state index in [1.807, 2.05) is 26.0 Å². The Balaban J connectivity index is 2.26. The molecule has 0 aliphatic heterocycles. The molecule has 2 rings (SSSR count). The molecule has 4 heteroatoms. The van der Waals surface area contributed by atoms with Gasteiger partial charge in [0.25, 0.3) is 5.91 Å². The first-order chi connectivity index (χ1) is 10.1. The molecule has 0 saturated heterocycles. The van der Waals surface area contributed by atoms with Gasteiger partial charge in [-0.2, -0.15) is 0 Å². The number of aliphatic hydroxyl groups excluding tert-OH is 1. The van der Waals surface area contributed by atoms with Gasteiger partial charge in [-0.25, -0.2) is 0 Å². The maximum atomic E-state index is 12.2. The fraction of sp³-hybridized carbons (Fsp3) is 0.176. The summed E-state index contributed by atoms with van der Waals surface area (Å²) in [6, 6.07) is 9.08. The number of amides is 1. The van der Waals surface area contributed by atoms with Crippen molar-refractivity contribution in [2.24, 2.45) is 0 Å². The minimum absolute atomic E-state index is 0.219. The van der Waals surface area contributed by atoms with Crippen molar-refractivity contribution >= 4 is 11.6 Å². The third kappa shape index (κ3) is 3.91. The van der Waals surface area contributed by atoms with Crippen LogP contribution in [0.2, 0.25) is 0 Å². The van der Waals surface area contributed by atoms with E-state index in [4.69, 9.17) is 5.11 Å². The van der Waals surface area contributed by atoms with Gasteiger partial charge in [0.1, 0.15) is 6.61 Å². The lowest BCUT2D eigenvalue weighted by Crippen LogP contribution is -2.13. The van der Waals surface area contributed by atoms with Crippen molar-refractivity contribution in [2.45, 2.75) is 13.8 Å². The summed E-state index contributed by atoms with van der Waals surface area (Å²) in [4.78, 5) is 16.3. The Morgan fingerprint density at radius 3 is 2.76 bits per heavy atom. The number of benzene rings is 1. The average molecular weight is 280 g/mol. The number of aliphatic hydroxyl groups is 1. The zero-order valence-electron chi connectivity index (χ0n) is 12.0. The standard InChI is InChI=1S/C17H16N2O2/c1-12-5-8-16(14(10-12)4-3-9-20)19-17(21)15-7-6-13(2)18-11-15/h5-8,10-11,20H,9H2,1-2H3,(H,19,21). The molecule has 0 radical (unpaired) electrons. The summed E-state index contributed by atoms with van der Waals surface area (Å²) >= 11 is 0. The van der Waals surface area contributed by atoms with Crippen LogP contribution in [-0.4, -0.2) is 22.6 Å². The number of nitrogens with zero attached hydrogens (tertiary/aromatic N) is 1. The largest absolute Gasteiger partial charge is 0.384 e. The Kier molecular flexibility index (Phi) is 4.70. The lowest BCUT2D eigenvalue weighted by atomic mass is 10.1. The van der Waals surface area contributed by atoms with Crippen molar-refractivity contribution < 1.29 is 9.90 Å². The second-order valence-corrected chi connectivity index (χ2v) is 4.65. The molecule has 4 nitrogen and oxygen atoms in total. The first-order valence-electron chi connectivity index (χ1n) is 6.54. The van der Waals surface area contributed by atoms with E-state index in [0.717, 1.165) is 11.3 Å². The second-order valence-electron chi connectivity index (χ2n) is 4.65. The summed E-state index contributed by atoms with van der Waals surface area (Å²) in [6.45, 7) is 3.59. The molecule has 2 N–H and O–H groups in total. The number of nitrogens with one attached hydrogen (secondary N) is 1. The number of anilines is 1. The Morgan fingerprint density at radius 2 is 2.10 bits per heavy atom. The minimum Gasteiger partial charge on any atom is -0.384 e. The zero-order chi connectivity index (χ0) is 15.2. The normalized spacial score (nSPS) is 9.67. The van der Waals surface area contributed by atoms with Gasteiger partial charge in [0.05, 0.1) is 11.3 Å². The highest BCUT2D eigenvalue weighted by atomic mass is 16.2. The number of aryl methyl sites for hydroxylation is 2. The molecular formula is C17H16N2O2. The van der Waals surface area contributed by atoms with Crippen LogP contribution >= 0.6 is 0 Å². The molecule has 0 atom stereocenters. The van der Waals surface area contributed by atoms with Gasteiger partial charge in [0.15, 0.2) is 0 Å². The van der Waals surface area contributed by atoms with Crippen LogP contribution in [0.1, 0.15) is 27.2 Å². The van der Waals surface area contributed by atoms with Crippen LogP contribution < -0.4 is 5.32 Å². The summed E-state index contributed by atoms with van der Waals surface area (Å²) in [7, 11) is 0. The molecule has 0 unspecified atom stereocenters. The highest BCUT2D eigenvalue weighted by Gasteiger charge is 2.08. The molecule has 0 bridgehead atoms. The molecule has 0 fully saturated rings. The van der Waals surface area contributed by atoms with Crippen LogP contribution in [0.3, 0.4) is 0 Å². The van der Waals surface area contributed by atoms with E-state index in [9.17, 15) is 4.79 Å². The van der Waals surface area contributed by atoms with Crippen LogP contribution in [-0.2, 0) is 0 Å². The first-order valence-corrected chi connectivity index (χ1v) is 6.54. The number of pyridine rings is 1. The number of aromatic nitrogens is 1. The summed E-state index contributed by atoms with van der Waals surface area (Å²) in [6.07, 6.45) is 1.54. The van der Waals surface area contributed by atoms with Gasteiger partial charge in [-0.3, -0.25) is 9.78 Å². The van der Waals surface area contributed by atoms with Gasteiger partial charge in [0, 0.05) is 17.5 Å². The van der Waals surface area contributed by atoms with Gasteiger partial charge >= 0.3 is 0 Å². The van der Waals surface area contributed by atoms with E-state index in [-0.39, 0.29) is 12.5 Å². The fourth-order valence-corrected chi connectivity index (χ4v) is 1.80. The molecule has 1 amide bonds. The van der Waals surface area contributed by atoms with Gasteiger partial charge in [-0.05, 0) is 43.7 Å². The first kappa shape index (κ1) is 14.8. The molecule has 0 aliphatic carbocycles. The minimum atomic E-state index is -0.238. The summed E-state index contributed by atoms with van der Waals surface area (Å²) in [5.41, 5.74) is 3.68. The maximum absolute atomic E-state index is 12.2. The number of rotatable bonds is 2. The highest BCUT2D eigenvalue weighted by molar-refractivity contribution is 6.04. The molecule has 0 saturated carbocycles. The quantitative estimate of drug-likeness (QED) is 0.830. The van der Waals surface area contributed by atoms with Crippen LogP contribution in [0.15, 0.2) is 36.5 Å². The average Bonchev–Trinajstić information content (AvgIpc) is 2.48. The van der Waals surface area contributed by atoms with E-state index in [1.54, 1.807) is 18.2 Å². The summed E-state index contributed by atoms with van der Waals surface area (Å²) in [5, 5.41) is 11.6. The van der Waals surface area contributed by atoms with Crippen LogP contribution in [0, 0.1) is 25.7 Å². The maximum Gasteiger partial charge on any atom is 0.257 e. The van der Waals surface area contributed by atoms with Crippen molar-refractivity contribution in [3.63, 3.8) is 0 Å². The number of carbonyl (C=O) groups excluding carboxylic acids is 1. The third-order valence-electron chi connectivity index (χ3n) is 2.90. The van der Waals surface area contributed by atoms with E-state index in [0.29, 0.717) is 16.8 Å². The molecule has 21 heavy (non-hydrogen) atoms. The van der Waals surface area contributed by atoms with Crippen LogP contribution in [0.5, 0.6) is 0 Å². The van der Waals surface area contributed by atoms with E-state index >= 15 is 0 Å². The fourth-order valence-electron chi connectivity index (χ4n) is 1.80. The molecule has 2 aromatic rings. The molecular weight excluding hydrogens is 264 g/mol. The molecule has 1 aromatic heterocycles. The smallest absolute Gasteiger partial charge is 0.257 e. The monoisotopic (exact) mass is 280 g/mol. The zero-order valence-corrected chi connectivity index (χ0v) is 12.0. The van der Waals surface area contributed by atoms with Crippen LogP contribution in [0.25, 0.3) is 0 Å². The summed E-state index contributed by atoms with van der Waals surface area (Å²) < 4.78 is 0. The lowest BCUT2D eigenvalue weighted by Gasteiger charge is -2.08. The lowest BCUT2D eigenvalue weighted by molar-refractivity contribution is 0.102. The topological polar surface area (TPSA) is 62.2 Å². The van der Waals surface area contributed by atoms with Crippen molar-refractivity contribution in [2.75, 3.05) is 11.9 Å². The van der Waals surface area contributed by atoms with Crippen molar-refractivity contribution in [1.82, 2.24) is 4.98 Å². The van der Waals surface area contributed by atoms with Gasteiger partial charge in [-0.1, -0.05) is 17.9 Å².